The molecule has 2 N–H and O–H groups in total. The molecule has 1 heterocycles. The monoisotopic (exact) mass is 245 g/mol. The zero-order valence-corrected chi connectivity index (χ0v) is 10.3. The molecule has 0 saturated heterocycles. The van der Waals surface area contributed by atoms with Gasteiger partial charge in [-0.25, -0.2) is 0 Å². The topological polar surface area (TPSA) is 72.0 Å². The molecule has 18 heavy (non-hydrogen) atoms. The largest absolute Gasteiger partial charge is 0.467 e. The molecule has 0 radical (unpaired) electrons. The van der Waals surface area contributed by atoms with Crippen LogP contribution in [0.5, 0.6) is 6.01 Å². The summed E-state index contributed by atoms with van der Waals surface area (Å²) in [4.78, 5) is 12.5. The van der Waals surface area contributed by atoms with Crippen molar-refractivity contribution in [1.82, 2.24) is 15.0 Å². The molecule has 0 aliphatic heterocycles. The van der Waals surface area contributed by atoms with Crippen molar-refractivity contribution in [3.63, 3.8) is 0 Å². The molecule has 1 aromatic heterocycles. The Morgan fingerprint density at radius 2 is 1.78 bits per heavy atom. The molecule has 0 unspecified atom stereocenters. The number of hydrogen-bond donors (Lipinski definition) is 2. The lowest BCUT2D eigenvalue weighted by Gasteiger charge is -2.08. The second-order valence-electron chi connectivity index (χ2n) is 3.49. The van der Waals surface area contributed by atoms with Gasteiger partial charge in [0.2, 0.25) is 11.9 Å². The number of aromatic nitrogens is 3. The molecule has 0 spiro atoms. The summed E-state index contributed by atoms with van der Waals surface area (Å²) in [5.41, 5.74) is 0.910. The summed E-state index contributed by atoms with van der Waals surface area (Å²) in [7, 11) is 1.53. The quantitative estimate of drug-likeness (QED) is 0.840. The van der Waals surface area contributed by atoms with Crippen LogP contribution in [-0.2, 0) is 0 Å². The first kappa shape index (κ1) is 12.1. The molecule has 94 valence electrons. The van der Waals surface area contributed by atoms with Crippen LogP contribution in [0.4, 0.5) is 17.6 Å². The zero-order valence-electron chi connectivity index (χ0n) is 10.3. The molecule has 0 saturated carbocycles. The third kappa shape index (κ3) is 3.07. The number of benzene rings is 1. The van der Waals surface area contributed by atoms with Gasteiger partial charge >= 0.3 is 6.01 Å². The third-order valence-electron chi connectivity index (χ3n) is 2.16. The molecule has 2 rings (SSSR count). The van der Waals surface area contributed by atoms with Crippen LogP contribution in [-0.4, -0.2) is 28.6 Å². The first-order valence-corrected chi connectivity index (χ1v) is 5.68. The maximum absolute atomic E-state index is 5.04. The van der Waals surface area contributed by atoms with Crippen LogP contribution < -0.4 is 15.4 Å². The number of methoxy groups -OCH3 is 1. The number of anilines is 3. The molecular formula is C12H15N5O. The van der Waals surface area contributed by atoms with Gasteiger partial charge in [0.15, 0.2) is 0 Å². The van der Waals surface area contributed by atoms with Gasteiger partial charge in [-0.05, 0) is 19.1 Å². The van der Waals surface area contributed by atoms with E-state index in [0.717, 1.165) is 12.2 Å². The number of rotatable bonds is 5. The fourth-order valence-corrected chi connectivity index (χ4v) is 1.39. The fourth-order valence-electron chi connectivity index (χ4n) is 1.39. The summed E-state index contributed by atoms with van der Waals surface area (Å²) in [5.74, 6) is 0.937. The Kier molecular flexibility index (Phi) is 3.90. The van der Waals surface area contributed by atoms with E-state index >= 15 is 0 Å². The second kappa shape index (κ2) is 5.81. The average molecular weight is 245 g/mol. The van der Waals surface area contributed by atoms with Crippen molar-refractivity contribution in [3.05, 3.63) is 30.3 Å². The highest BCUT2D eigenvalue weighted by Crippen LogP contribution is 2.15. The van der Waals surface area contributed by atoms with Gasteiger partial charge in [-0.3, -0.25) is 0 Å². The molecule has 0 bridgehead atoms. The molecule has 6 nitrogen and oxygen atoms in total. The SMILES string of the molecule is CCNc1nc(Nc2ccccc2)nc(OC)n1. The van der Waals surface area contributed by atoms with E-state index in [1.807, 2.05) is 37.3 Å². The number of ether oxygens (including phenoxy) is 1. The first-order valence-electron chi connectivity index (χ1n) is 5.68. The van der Waals surface area contributed by atoms with Crippen molar-refractivity contribution in [2.45, 2.75) is 6.92 Å². The average Bonchev–Trinajstić information content (AvgIpc) is 2.40. The standard InChI is InChI=1S/C12H15N5O/c1-3-13-10-15-11(17-12(16-10)18-2)14-9-7-5-4-6-8-9/h4-8H,3H2,1-2H3,(H2,13,14,15,16,17). The minimum absolute atomic E-state index is 0.277. The predicted molar refractivity (Wildman–Crippen MR) is 70.3 cm³/mol. The fraction of sp³-hybridized carbons (Fsp3) is 0.250. The van der Waals surface area contributed by atoms with Crippen molar-refractivity contribution >= 4 is 17.6 Å². The molecule has 0 aliphatic carbocycles. The smallest absolute Gasteiger partial charge is 0.322 e. The second-order valence-corrected chi connectivity index (χ2v) is 3.49. The van der Waals surface area contributed by atoms with E-state index in [9.17, 15) is 0 Å². The van der Waals surface area contributed by atoms with Gasteiger partial charge in [0.1, 0.15) is 0 Å². The Bertz CT molecular complexity index is 503. The molecule has 2 aromatic rings. The molecular weight excluding hydrogens is 230 g/mol. The van der Waals surface area contributed by atoms with Crippen molar-refractivity contribution in [2.75, 3.05) is 24.3 Å². The molecule has 0 amide bonds. The Labute approximate surface area is 105 Å². The maximum Gasteiger partial charge on any atom is 0.322 e. The summed E-state index contributed by atoms with van der Waals surface area (Å²) >= 11 is 0. The van der Waals surface area contributed by atoms with Crippen molar-refractivity contribution < 1.29 is 4.74 Å². The van der Waals surface area contributed by atoms with E-state index in [2.05, 4.69) is 25.6 Å². The summed E-state index contributed by atoms with van der Waals surface area (Å²) in [6, 6.07) is 9.97. The minimum atomic E-state index is 0.277. The first-order chi connectivity index (χ1) is 8.81. The van der Waals surface area contributed by atoms with Crippen molar-refractivity contribution in [1.29, 1.82) is 0 Å². The van der Waals surface area contributed by atoms with E-state index in [4.69, 9.17) is 4.74 Å². The lowest BCUT2D eigenvalue weighted by Crippen LogP contribution is -2.07. The molecule has 0 atom stereocenters. The van der Waals surface area contributed by atoms with Gasteiger partial charge in [0.25, 0.3) is 0 Å². The van der Waals surface area contributed by atoms with Crippen LogP contribution in [0.15, 0.2) is 30.3 Å². The number of nitrogens with one attached hydrogen (secondary N) is 2. The predicted octanol–water partition coefficient (Wildman–Crippen LogP) is 2.06. The molecule has 0 fully saturated rings. The molecule has 6 heteroatoms. The zero-order chi connectivity index (χ0) is 12.8. The third-order valence-corrected chi connectivity index (χ3v) is 2.16. The maximum atomic E-state index is 5.04. The van der Waals surface area contributed by atoms with E-state index in [0.29, 0.717) is 11.9 Å². The Balaban J connectivity index is 2.24. The number of para-hydroxylation sites is 1. The highest BCUT2D eigenvalue weighted by molar-refractivity contribution is 5.53. The lowest BCUT2D eigenvalue weighted by molar-refractivity contribution is 0.379. The Hall–Kier alpha value is -2.37. The van der Waals surface area contributed by atoms with E-state index in [1.165, 1.54) is 7.11 Å². The van der Waals surface area contributed by atoms with Crippen molar-refractivity contribution in [3.8, 4) is 6.01 Å². The van der Waals surface area contributed by atoms with Crippen LogP contribution in [0.25, 0.3) is 0 Å². The van der Waals surface area contributed by atoms with Gasteiger partial charge in [0, 0.05) is 12.2 Å². The van der Waals surface area contributed by atoms with E-state index in [-0.39, 0.29) is 6.01 Å². The van der Waals surface area contributed by atoms with Gasteiger partial charge < -0.3 is 15.4 Å². The van der Waals surface area contributed by atoms with Gasteiger partial charge in [0.05, 0.1) is 7.11 Å². The van der Waals surface area contributed by atoms with Crippen LogP contribution in [0.2, 0.25) is 0 Å². The molecule has 1 aromatic carbocycles. The Morgan fingerprint density at radius 1 is 1.06 bits per heavy atom. The summed E-state index contributed by atoms with van der Waals surface area (Å²) in [6.07, 6.45) is 0. The highest BCUT2D eigenvalue weighted by atomic mass is 16.5. The van der Waals surface area contributed by atoms with Crippen LogP contribution in [0, 0.1) is 0 Å². The minimum Gasteiger partial charge on any atom is -0.467 e. The van der Waals surface area contributed by atoms with Gasteiger partial charge in [-0.15, -0.1) is 0 Å². The van der Waals surface area contributed by atoms with Crippen molar-refractivity contribution in [2.24, 2.45) is 0 Å². The van der Waals surface area contributed by atoms with Gasteiger partial charge in [-0.1, -0.05) is 18.2 Å². The summed E-state index contributed by atoms with van der Waals surface area (Å²) in [5, 5.41) is 6.12. The van der Waals surface area contributed by atoms with Gasteiger partial charge in [-0.2, -0.15) is 15.0 Å². The van der Waals surface area contributed by atoms with Crippen LogP contribution >= 0.6 is 0 Å². The summed E-state index contributed by atoms with van der Waals surface area (Å²) in [6.45, 7) is 2.71. The van der Waals surface area contributed by atoms with E-state index < -0.39 is 0 Å². The highest BCUT2D eigenvalue weighted by Gasteiger charge is 2.06. The lowest BCUT2D eigenvalue weighted by atomic mass is 10.3. The molecule has 0 aliphatic rings. The van der Waals surface area contributed by atoms with E-state index in [1.54, 1.807) is 0 Å². The Morgan fingerprint density at radius 3 is 2.44 bits per heavy atom. The summed E-state index contributed by atoms with van der Waals surface area (Å²) < 4.78 is 5.04. The number of nitrogens with zero attached hydrogens (tertiary/aromatic N) is 3. The van der Waals surface area contributed by atoms with Crippen LogP contribution in [0.3, 0.4) is 0 Å². The number of hydrogen-bond acceptors (Lipinski definition) is 6. The normalized spacial score (nSPS) is 9.89. The van der Waals surface area contributed by atoms with Crippen LogP contribution in [0.1, 0.15) is 6.92 Å².